The van der Waals surface area contributed by atoms with E-state index in [2.05, 4.69) is 24.9 Å². The zero-order chi connectivity index (χ0) is 15.6. The van der Waals surface area contributed by atoms with Crippen molar-refractivity contribution in [3.8, 4) is 11.5 Å². The van der Waals surface area contributed by atoms with Crippen LogP contribution in [-0.2, 0) is 11.8 Å². The number of rotatable bonds is 0. The number of benzene rings is 2. The van der Waals surface area contributed by atoms with Gasteiger partial charge in [-0.1, -0.05) is 11.6 Å². The van der Waals surface area contributed by atoms with E-state index in [4.69, 9.17) is 16.3 Å². The number of phenolic OH excluding ortho intramolecular Hbond substituents is 1. The molecule has 22 heavy (non-hydrogen) atoms. The van der Waals surface area contributed by atoms with E-state index < -0.39 is 0 Å². The summed E-state index contributed by atoms with van der Waals surface area (Å²) in [6.45, 7) is 4.18. The van der Waals surface area contributed by atoms with Gasteiger partial charge in [0, 0.05) is 17.8 Å². The van der Waals surface area contributed by atoms with Gasteiger partial charge >= 0.3 is 0 Å². The molecule has 0 bridgehead atoms. The molecule has 2 aromatic carbocycles. The first-order valence-electron chi connectivity index (χ1n) is 7.42. The minimum Gasteiger partial charge on any atom is -0.508 e. The van der Waals surface area contributed by atoms with Crippen LogP contribution in [-0.4, -0.2) is 18.4 Å². The van der Waals surface area contributed by atoms with E-state index in [-0.39, 0.29) is 11.6 Å². The normalized spacial score (nSPS) is 25.3. The van der Waals surface area contributed by atoms with Gasteiger partial charge in [-0.15, -0.1) is 0 Å². The molecule has 0 spiro atoms. The molecule has 0 aliphatic carbocycles. The molecule has 1 N–H and O–H groups in total. The summed E-state index contributed by atoms with van der Waals surface area (Å²) in [4.78, 5) is 2.18. The molecule has 4 heteroatoms. The predicted molar refractivity (Wildman–Crippen MR) is 88.2 cm³/mol. The molecule has 4 rings (SSSR count). The molecule has 114 valence electrons. The molecular weight excluding hydrogens is 298 g/mol. The number of aromatic hydroxyl groups is 1. The minimum absolute atomic E-state index is 0.0586. The summed E-state index contributed by atoms with van der Waals surface area (Å²) < 4.78 is 6.35. The third-order valence-corrected chi connectivity index (χ3v) is 5.21. The van der Waals surface area contributed by atoms with E-state index in [1.807, 2.05) is 25.1 Å². The number of ether oxygens (including phenoxy) is 1. The average Bonchev–Trinajstić information content (AvgIpc) is 2.65. The number of hydrogen-bond donors (Lipinski definition) is 1. The van der Waals surface area contributed by atoms with E-state index in [9.17, 15) is 5.11 Å². The van der Waals surface area contributed by atoms with Gasteiger partial charge in [0.15, 0.2) is 6.23 Å². The quantitative estimate of drug-likeness (QED) is 0.797. The van der Waals surface area contributed by atoms with Gasteiger partial charge in [0.25, 0.3) is 0 Å². The Morgan fingerprint density at radius 3 is 2.86 bits per heavy atom. The van der Waals surface area contributed by atoms with Crippen molar-refractivity contribution in [2.75, 3.05) is 11.9 Å². The predicted octanol–water partition coefficient (Wildman–Crippen LogP) is 4.02. The number of likely N-dealkylation sites (N-methyl/N-ethyl adjacent to an activating group) is 1. The van der Waals surface area contributed by atoms with Crippen LogP contribution in [0.4, 0.5) is 5.69 Å². The second kappa shape index (κ2) is 4.32. The summed E-state index contributed by atoms with van der Waals surface area (Å²) in [5.41, 5.74) is 4.21. The maximum Gasteiger partial charge on any atom is 0.182 e. The highest BCUT2D eigenvalue weighted by atomic mass is 35.5. The summed E-state index contributed by atoms with van der Waals surface area (Å²) in [5.74, 6) is 1.19. The Morgan fingerprint density at radius 2 is 2.09 bits per heavy atom. The molecule has 2 atom stereocenters. The first-order valence-corrected chi connectivity index (χ1v) is 7.80. The van der Waals surface area contributed by atoms with Crippen LogP contribution in [0.15, 0.2) is 30.3 Å². The van der Waals surface area contributed by atoms with Crippen molar-refractivity contribution in [2.24, 2.45) is 0 Å². The van der Waals surface area contributed by atoms with Crippen molar-refractivity contribution in [3.63, 3.8) is 0 Å². The zero-order valence-corrected chi connectivity index (χ0v) is 13.6. The Bertz CT molecular complexity index is 789. The molecule has 2 aliphatic heterocycles. The van der Waals surface area contributed by atoms with Gasteiger partial charge in [-0.3, -0.25) is 0 Å². The monoisotopic (exact) mass is 315 g/mol. The topological polar surface area (TPSA) is 32.7 Å². The van der Waals surface area contributed by atoms with Crippen LogP contribution in [0.1, 0.15) is 23.6 Å². The Kier molecular flexibility index (Phi) is 2.71. The Labute approximate surface area is 135 Å². The largest absolute Gasteiger partial charge is 0.508 e. The summed E-state index contributed by atoms with van der Waals surface area (Å²) in [7, 11) is 2.06. The third-order valence-electron chi connectivity index (χ3n) is 4.97. The highest BCUT2D eigenvalue weighted by Gasteiger charge is 2.51. The second-order valence-electron chi connectivity index (χ2n) is 6.59. The maximum absolute atomic E-state index is 9.90. The number of aryl methyl sites for hydroxylation is 1. The average molecular weight is 316 g/mol. The first-order chi connectivity index (χ1) is 10.4. The number of nitrogens with zero attached hydrogens (tertiary/aromatic N) is 1. The number of hydrogen-bond acceptors (Lipinski definition) is 3. The molecule has 0 fully saturated rings. The number of halogens is 1. The Hall–Kier alpha value is -1.87. The van der Waals surface area contributed by atoms with Crippen molar-refractivity contribution in [3.05, 3.63) is 52.0 Å². The van der Waals surface area contributed by atoms with Crippen molar-refractivity contribution >= 4 is 17.3 Å². The lowest BCUT2D eigenvalue weighted by Crippen LogP contribution is -2.49. The number of phenols is 1. The van der Waals surface area contributed by atoms with Gasteiger partial charge in [0.2, 0.25) is 0 Å². The molecule has 0 saturated carbocycles. The Morgan fingerprint density at radius 1 is 1.32 bits per heavy atom. The highest BCUT2D eigenvalue weighted by Crippen LogP contribution is 2.52. The Balaban J connectivity index is 1.91. The lowest BCUT2D eigenvalue weighted by molar-refractivity contribution is 0.107. The second-order valence-corrected chi connectivity index (χ2v) is 7.02. The van der Waals surface area contributed by atoms with Crippen LogP contribution in [0.25, 0.3) is 0 Å². The van der Waals surface area contributed by atoms with Crippen LogP contribution >= 0.6 is 11.6 Å². The van der Waals surface area contributed by atoms with Crippen LogP contribution in [0.5, 0.6) is 11.5 Å². The molecule has 2 unspecified atom stereocenters. The molecular formula is C18H18ClNO2. The molecule has 0 radical (unpaired) electrons. The van der Waals surface area contributed by atoms with Gasteiger partial charge in [-0.2, -0.15) is 0 Å². The summed E-state index contributed by atoms with van der Waals surface area (Å²) >= 11 is 6.22. The zero-order valence-electron chi connectivity index (χ0n) is 12.9. The lowest BCUT2D eigenvalue weighted by atomic mass is 9.75. The smallest absolute Gasteiger partial charge is 0.182 e. The van der Waals surface area contributed by atoms with E-state index in [1.165, 1.54) is 5.56 Å². The molecule has 0 amide bonds. The third kappa shape index (κ3) is 1.69. The van der Waals surface area contributed by atoms with Gasteiger partial charge in [-0.05, 0) is 67.3 Å². The van der Waals surface area contributed by atoms with Crippen molar-refractivity contribution in [1.29, 1.82) is 0 Å². The SMILES string of the molecule is Cc1cc(O)cc2c1OC1N(C)c3ccc(Cl)cc3C1(C)C2. The van der Waals surface area contributed by atoms with Gasteiger partial charge in [-0.25, -0.2) is 0 Å². The lowest BCUT2D eigenvalue weighted by Gasteiger charge is -2.40. The van der Waals surface area contributed by atoms with Crippen molar-refractivity contribution in [2.45, 2.75) is 31.9 Å². The summed E-state index contributed by atoms with van der Waals surface area (Å²) in [5, 5.41) is 10.6. The maximum atomic E-state index is 9.90. The molecule has 2 aliphatic rings. The van der Waals surface area contributed by atoms with Crippen LogP contribution in [0.3, 0.4) is 0 Å². The fourth-order valence-corrected chi connectivity index (χ4v) is 4.16. The number of fused-ring (bicyclic) bond motifs is 4. The van der Waals surface area contributed by atoms with Crippen LogP contribution in [0.2, 0.25) is 5.02 Å². The molecule has 0 aromatic heterocycles. The minimum atomic E-state index is -0.178. The van der Waals surface area contributed by atoms with E-state index in [0.717, 1.165) is 34.0 Å². The van der Waals surface area contributed by atoms with Crippen LogP contribution < -0.4 is 9.64 Å². The van der Waals surface area contributed by atoms with E-state index in [1.54, 1.807) is 6.07 Å². The van der Waals surface area contributed by atoms with E-state index in [0.29, 0.717) is 5.75 Å². The highest BCUT2D eigenvalue weighted by molar-refractivity contribution is 6.30. The van der Waals surface area contributed by atoms with E-state index >= 15 is 0 Å². The standard InChI is InChI=1S/C18H18ClNO2/c1-10-6-13(21)7-11-9-18(2)14-8-12(19)4-5-15(14)20(3)17(18)22-16(10)11/h4-8,17,21H,9H2,1-3H3. The molecule has 2 heterocycles. The van der Waals surface area contributed by atoms with Crippen molar-refractivity contribution < 1.29 is 9.84 Å². The summed E-state index contributed by atoms with van der Waals surface area (Å²) in [6.07, 6.45) is 0.761. The van der Waals surface area contributed by atoms with Crippen molar-refractivity contribution in [1.82, 2.24) is 0 Å². The van der Waals surface area contributed by atoms with Gasteiger partial charge in [0.1, 0.15) is 11.5 Å². The fourth-order valence-electron chi connectivity index (χ4n) is 3.99. The molecule has 3 nitrogen and oxygen atoms in total. The van der Waals surface area contributed by atoms with Crippen LogP contribution in [0, 0.1) is 6.92 Å². The number of anilines is 1. The molecule has 0 saturated heterocycles. The van der Waals surface area contributed by atoms with Gasteiger partial charge in [0.05, 0.1) is 5.41 Å². The summed E-state index contributed by atoms with van der Waals surface area (Å²) in [6, 6.07) is 9.57. The first kappa shape index (κ1) is 13.8. The fraction of sp³-hybridized carbons (Fsp3) is 0.333. The molecule has 2 aromatic rings. The van der Waals surface area contributed by atoms with Gasteiger partial charge < -0.3 is 14.7 Å².